The molecule has 23 heavy (non-hydrogen) atoms. The highest BCUT2D eigenvalue weighted by Crippen LogP contribution is 2.42. The van der Waals surface area contributed by atoms with Crippen LogP contribution in [0.15, 0.2) is 24.3 Å². The molecule has 2 heterocycles. The molecule has 3 rings (SSSR count). The van der Waals surface area contributed by atoms with Crippen molar-refractivity contribution in [3.63, 3.8) is 0 Å². The second-order valence-corrected chi connectivity index (χ2v) is 8.66. The van der Waals surface area contributed by atoms with E-state index in [-0.39, 0.29) is 35.4 Å². The SMILES string of the molecule is CCS(=O)(=O)CC(=O)N1C[C@@H]2CNC[C@@H]2[C@@H]1c1cccc(F)c1. The van der Waals surface area contributed by atoms with Crippen molar-refractivity contribution in [1.82, 2.24) is 10.2 Å². The molecule has 1 amide bonds. The predicted molar refractivity (Wildman–Crippen MR) is 85.0 cm³/mol. The lowest BCUT2D eigenvalue weighted by molar-refractivity contribution is -0.129. The van der Waals surface area contributed by atoms with Gasteiger partial charge in [0, 0.05) is 31.3 Å². The molecule has 0 bridgehead atoms. The standard InChI is InChI=1S/C16H21FN2O3S/c1-2-23(21,22)10-15(20)19-9-12-7-18-8-14(12)16(19)11-4-3-5-13(17)6-11/h3-6,12,14,16,18H,2,7-10H2,1H3/t12-,14-,16-/m0/s1. The van der Waals surface area contributed by atoms with Crippen molar-refractivity contribution < 1.29 is 17.6 Å². The van der Waals surface area contributed by atoms with Crippen molar-refractivity contribution in [2.45, 2.75) is 13.0 Å². The third-order valence-corrected chi connectivity index (χ3v) is 6.42. The predicted octanol–water partition coefficient (Wildman–Crippen LogP) is 0.979. The van der Waals surface area contributed by atoms with E-state index < -0.39 is 15.6 Å². The lowest BCUT2D eigenvalue weighted by atomic mass is 9.89. The number of halogens is 1. The van der Waals surface area contributed by atoms with Crippen LogP contribution in [0.4, 0.5) is 4.39 Å². The fourth-order valence-corrected chi connectivity index (χ4v) is 4.41. The maximum Gasteiger partial charge on any atom is 0.238 e. The molecule has 0 aromatic heterocycles. The summed E-state index contributed by atoms with van der Waals surface area (Å²) < 4.78 is 37.2. The number of likely N-dealkylation sites (tertiary alicyclic amines) is 1. The Kier molecular flexibility index (Phi) is 4.42. The van der Waals surface area contributed by atoms with Crippen LogP contribution < -0.4 is 5.32 Å². The second kappa shape index (κ2) is 6.20. The average molecular weight is 340 g/mol. The highest BCUT2D eigenvalue weighted by molar-refractivity contribution is 7.92. The number of sulfone groups is 1. The Morgan fingerprint density at radius 1 is 1.39 bits per heavy atom. The number of carbonyl (C=O) groups is 1. The van der Waals surface area contributed by atoms with Gasteiger partial charge in [-0.3, -0.25) is 4.79 Å². The molecule has 2 fully saturated rings. The first-order valence-electron chi connectivity index (χ1n) is 7.87. The van der Waals surface area contributed by atoms with E-state index in [9.17, 15) is 17.6 Å². The van der Waals surface area contributed by atoms with Crippen molar-refractivity contribution in [2.75, 3.05) is 31.1 Å². The summed E-state index contributed by atoms with van der Waals surface area (Å²) in [7, 11) is -3.37. The molecule has 0 saturated carbocycles. The number of amides is 1. The van der Waals surface area contributed by atoms with E-state index >= 15 is 0 Å². The largest absolute Gasteiger partial charge is 0.334 e. The molecule has 0 radical (unpaired) electrons. The van der Waals surface area contributed by atoms with Crippen LogP contribution in [0, 0.1) is 17.7 Å². The van der Waals surface area contributed by atoms with E-state index in [2.05, 4.69) is 5.32 Å². The van der Waals surface area contributed by atoms with Crippen LogP contribution in [-0.4, -0.2) is 50.4 Å². The lowest BCUT2D eigenvalue weighted by Crippen LogP contribution is -2.38. The fourth-order valence-electron chi connectivity index (χ4n) is 3.67. The van der Waals surface area contributed by atoms with Gasteiger partial charge in [0.15, 0.2) is 9.84 Å². The monoisotopic (exact) mass is 340 g/mol. The van der Waals surface area contributed by atoms with Crippen LogP contribution in [0.3, 0.4) is 0 Å². The quantitative estimate of drug-likeness (QED) is 0.887. The minimum Gasteiger partial charge on any atom is -0.334 e. The van der Waals surface area contributed by atoms with Crippen molar-refractivity contribution >= 4 is 15.7 Å². The van der Waals surface area contributed by atoms with Crippen molar-refractivity contribution in [3.8, 4) is 0 Å². The number of hydrogen-bond donors (Lipinski definition) is 1. The van der Waals surface area contributed by atoms with Crippen LogP contribution in [0.1, 0.15) is 18.5 Å². The fraction of sp³-hybridized carbons (Fsp3) is 0.562. The first kappa shape index (κ1) is 16.4. The Balaban J connectivity index is 1.90. The molecule has 1 aromatic carbocycles. The first-order chi connectivity index (χ1) is 10.9. The van der Waals surface area contributed by atoms with Crippen LogP contribution in [0.25, 0.3) is 0 Å². The number of rotatable bonds is 4. The molecule has 2 saturated heterocycles. The Morgan fingerprint density at radius 2 is 2.17 bits per heavy atom. The van der Waals surface area contributed by atoms with Crippen LogP contribution in [-0.2, 0) is 14.6 Å². The second-order valence-electron chi connectivity index (χ2n) is 6.30. The first-order valence-corrected chi connectivity index (χ1v) is 9.69. The molecule has 2 aliphatic heterocycles. The normalized spacial score (nSPS) is 27.2. The van der Waals surface area contributed by atoms with Gasteiger partial charge in [-0.25, -0.2) is 12.8 Å². The van der Waals surface area contributed by atoms with Gasteiger partial charge in [-0.2, -0.15) is 0 Å². The minimum absolute atomic E-state index is 0.0500. The van der Waals surface area contributed by atoms with Gasteiger partial charge < -0.3 is 10.2 Å². The number of nitrogens with zero attached hydrogens (tertiary/aromatic N) is 1. The zero-order chi connectivity index (χ0) is 16.6. The molecular formula is C16H21FN2O3S. The third-order valence-electron chi connectivity index (χ3n) is 4.86. The van der Waals surface area contributed by atoms with Crippen molar-refractivity contribution in [1.29, 1.82) is 0 Å². The Morgan fingerprint density at radius 3 is 2.87 bits per heavy atom. The maximum atomic E-state index is 13.6. The summed E-state index contributed by atoms with van der Waals surface area (Å²) in [5.74, 6) is -0.754. The highest BCUT2D eigenvalue weighted by atomic mass is 32.2. The molecular weight excluding hydrogens is 319 g/mol. The van der Waals surface area contributed by atoms with Gasteiger partial charge in [0.2, 0.25) is 5.91 Å². The molecule has 1 N–H and O–H groups in total. The van der Waals surface area contributed by atoms with Gasteiger partial charge in [0.05, 0.1) is 6.04 Å². The Bertz CT molecular complexity index is 707. The summed E-state index contributed by atoms with van der Waals surface area (Å²) in [4.78, 5) is 14.2. The molecule has 0 aliphatic carbocycles. The van der Waals surface area contributed by atoms with E-state index in [0.717, 1.165) is 18.7 Å². The summed E-state index contributed by atoms with van der Waals surface area (Å²) >= 11 is 0. The molecule has 0 unspecified atom stereocenters. The molecule has 5 nitrogen and oxygen atoms in total. The summed E-state index contributed by atoms with van der Waals surface area (Å²) in [5, 5.41) is 3.31. The number of benzene rings is 1. The zero-order valence-corrected chi connectivity index (χ0v) is 13.9. The van der Waals surface area contributed by atoms with Crippen LogP contribution >= 0.6 is 0 Å². The topological polar surface area (TPSA) is 66.5 Å². The van der Waals surface area contributed by atoms with E-state index in [0.29, 0.717) is 6.54 Å². The summed E-state index contributed by atoms with van der Waals surface area (Å²) in [6.45, 7) is 3.63. The third kappa shape index (κ3) is 3.26. The minimum atomic E-state index is -3.37. The Labute approximate surface area is 135 Å². The number of nitrogens with one attached hydrogen (secondary N) is 1. The molecule has 2 aliphatic rings. The maximum absolute atomic E-state index is 13.6. The van der Waals surface area contributed by atoms with E-state index in [1.165, 1.54) is 19.1 Å². The van der Waals surface area contributed by atoms with Gasteiger partial charge in [0.25, 0.3) is 0 Å². The van der Waals surface area contributed by atoms with Gasteiger partial charge in [0.1, 0.15) is 11.6 Å². The smallest absolute Gasteiger partial charge is 0.238 e. The average Bonchev–Trinajstić information content (AvgIpc) is 3.07. The van der Waals surface area contributed by atoms with Crippen LogP contribution in [0.2, 0.25) is 0 Å². The van der Waals surface area contributed by atoms with E-state index in [1.807, 2.05) is 6.07 Å². The molecule has 7 heteroatoms. The van der Waals surface area contributed by atoms with Gasteiger partial charge >= 0.3 is 0 Å². The van der Waals surface area contributed by atoms with Crippen LogP contribution in [0.5, 0.6) is 0 Å². The van der Waals surface area contributed by atoms with Gasteiger partial charge in [-0.15, -0.1) is 0 Å². The number of carbonyl (C=O) groups excluding carboxylic acids is 1. The molecule has 0 spiro atoms. The molecule has 3 atom stereocenters. The number of hydrogen-bond acceptors (Lipinski definition) is 4. The summed E-state index contributed by atoms with van der Waals surface area (Å²) in [5.41, 5.74) is 0.739. The number of fused-ring (bicyclic) bond motifs is 1. The van der Waals surface area contributed by atoms with Crippen molar-refractivity contribution in [2.24, 2.45) is 11.8 Å². The summed E-state index contributed by atoms with van der Waals surface area (Å²) in [6.07, 6.45) is 0. The van der Waals surface area contributed by atoms with Gasteiger partial charge in [-0.1, -0.05) is 19.1 Å². The van der Waals surface area contributed by atoms with E-state index in [4.69, 9.17) is 0 Å². The Hall–Kier alpha value is -1.47. The van der Waals surface area contributed by atoms with Crippen molar-refractivity contribution in [3.05, 3.63) is 35.6 Å². The summed E-state index contributed by atoms with van der Waals surface area (Å²) in [6, 6.07) is 6.00. The highest BCUT2D eigenvalue weighted by Gasteiger charge is 2.47. The molecule has 126 valence electrons. The van der Waals surface area contributed by atoms with Gasteiger partial charge in [-0.05, 0) is 23.6 Å². The van der Waals surface area contributed by atoms with E-state index in [1.54, 1.807) is 11.0 Å². The molecule has 1 aromatic rings. The zero-order valence-electron chi connectivity index (χ0n) is 13.0. The lowest BCUT2D eigenvalue weighted by Gasteiger charge is -2.28.